The van der Waals surface area contributed by atoms with Gasteiger partial charge in [0, 0.05) is 5.39 Å². The van der Waals surface area contributed by atoms with E-state index in [1.165, 1.54) is 3.97 Å². The molecular formula is C12H17NO3S. The molecule has 4 nitrogen and oxygen atoms in total. The second-order valence-electron chi connectivity index (χ2n) is 3.38. The van der Waals surface area contributed by atoms with E-state index in [1.54, 1.807) is 18.2 Å². The number of aliphatic hydroxyl groups excluding tert-OH is 1. The Hall–Kier alpha value is -1.33. The Labute approximate surface area is 102 Å². The van der Waals surface area contributed by atoms with Crippen molar-refractivity contribution < 1.29 is 13.5 Å². The average Bonchev–Trinajstić information content (AvgIpc) is 2.69. The van der Waals surface area contributed by atoms with E-state index in [1.807, 2.05) is 26.0 Å². The van der Waals surface area contributed by atoms with Gasteiger partial charge >= 0.3 is 0 Å². The van der Waals surface area contributed by atoms with Crippen LogP contribution < -0.4 is 0 Å². The minimum absolute atomic E-state index is 0.290. The Morgan fingerprint density at radius 3 is 2.35 bits per heavy atom. The second-order valence-corrected chi connectivity index (χ2v) is 5.21. The Kier molecular flexibility index (Phi) is 4.31. The third-order valence-electron chi connectivity index (χ3n) is 2.23. The number of hydrogen-bond acceptors (Lipinski definition) is 3. The van der Waals surface area contributed by atoms with Gasteiger partial charge in [-0.1, -0.05) is 32.0 Å². The zero-order valence-corrected chi connectivity index (χ0v) is 11.0. The van der Waals surface area contributed by atoms with Crippen LogP contribution in [0.25, 0.3) is 10.9 Å². The van der Waals surface area contributed by atoms with Crippen LogP contribution in [-0.2, 0) is 16.6 Å². The number of nitrogens with zero attached hydrogens (tertiary/aromatic N) is 1. The van der Waals surface area contributed by atoms with Gasteiger partial charge in [-0.3, -0.25) is 0 Å². The first kappa shape index (κ1) is 13.7. The van der Waals surface area contributed by atoms with Crippen molar-refractivity contribution in [3.05, 3.63) is 36.0 Å². The zero-order valence-electron chi connectivity index (χ0n) is 10.2. The highest BCUT2D eigenvalue weighted by Crippen LogP contribution is 2.21. The molecule has 0 amide bonds. The van der Waals surface area contributed by atoms with Crippen LogP contribution in [-0.4, -0.2) is 23.8 Å². The lowest BCUT2D eigenvalue weighted by Crippen LogP contribution is -2.12. The van der Waals surface area contributed by atoms with Crippen molar-refractivity contribution in [2.24, 2.45) is 0 Å². The first-order valence-corrected chi connectivity index (χ1v) is 7.29. The minimum atomic E-state index is -3.37. The lowest BCUT2D eigenvalue weighted by atomic mass is 10.2. The van der Waals surface area contributed by atoms with Crippen molar-refractivity contribution >= 4 is 20.9 Å². The largest absolute Gasteiger partial charge is 0.390 e. The summed E-state index contributed by atoms with van der Waals surface area (Å²) >= 11 is 0. The van der Waals surface area contributed by atoms with Crippen molar-refractivity contribution in [1.29, 1.82) is 0 Å². The molecule has 2 aromatic rings. The lowest BCUT2D eigenvalue weighted by Gasteiger charge is -2.05. The number of rotatable bonds is 2. The minimum Gasteiger partial charge on any atom is -0.390 e. The van der Waals surface area contributed by atoms with Crippen LogP contribution in [0.3, 0.4) is 0 Å². The van der Waals surface area contributed by atoms with Crippen molar-refractivity contribution in [1.82, 2.24) is 3.97 Å². The fourth-order valence-corrected chi connectivity index (χ4v) is 2.75. The molecule has 0 saturated heterocycles. The monoisotopic (exact) mass is 255 g/mol. The van der Waals surface area contributed by atoms with Crippen LogP contribution in [0.2, 0.25) is 0 Å². The number of fused-ring (bicyclic) bond motifs is 1. The van der Waals surface area contributed by atoms with Gasteiger partial charge in [0.05, 0.1) is 24.1 Å². The normalized spacial score (nSPS) is 11.1. The summed E-state index contributed by atoms with van der Waals surface area (Å²) in [5.41, 5.74) is 0.989. The van der Waals surface area contributed by atoms with E-state index in [4.69, 9.17) is 5.11 Å². The average molecular weight is 255 g/mol. The molecule has 94 valence electrons. The number of para-hydroxylation sites is 1. The third kappa shape index (κ3) is 2.68. The maximum atomic E-state index is 11.5. The van der Waals surface area contributed by atoms with Crippen LogP contribution >= 0.6 is 0 Å². The highest BCUT2D eigenvalue weighted by Gasteiger charge is 2.14. The predicted molar refractivity (Wildman–Crippen MR) is 69.5 cm³/mol. The maximum absolute atomic E-state index is 11.5. The molecule has 0 aliphatic heterocycles. The Morgan fingerprint density at radius 2 is 1.82 bits per heavy atom. The molecule has 0 radical (unpaired) electrons. The molecule has 2 rings (SSSR count). The van der Waals surface area contributed by atoms with E-state index in [2.05, 4.69) is 0 Å². The molecule has 1 aromatic carbocycles. The number of aliphatic hydroxyl groups is 1. The molecule has 1 aromatic heterocycles. The molecule has 0 saturated carbocycles. The molecule has 0 unspecified atom stereocenters. The summed E-state index contributed by atoms with van der Waals surface area (Å²) < 4.78 is 24.2. The van der Waals surface area contributed by atoms with E-state index in [0.29, 0.717) is 11.2 Å². The molecule has 17 heavy (non-hydrogen) atoms. The smallest absolute Gasteiger partial charge is 0.236 e. The Balaban J connectivity index is 0.000000686. The molecular weight excluding hydrogens is 238 g/mol. The fourth-order valence-electron chi connectivity index (χ4n) is 1.69. The summed E-state index contributed by atoms with van der Waals surface area (Å²) in [5, 5.41) is 9.91. The highest BCUT2D eigenvalue weighted by molar-refractivity contribution is 7.89. The van der Waals surface area contributed by atoms with E-state index in [0.717, 1.165) is 11.6 Å². The van der Waals surface area contributed by atoms with Crippen molar-refractivity contribution in [2.45, 2.75) is 20.5 Å². The van der Waals surface area contributed by atoms with Gasteiger partial charge in [0.1, 0.15) is 0 Å². The summed E-state index contributed by atoms with van der Waals surface area (Å²) in [6, 6.07) is 8.81. The number of hydrogen-bond donors (Lipinski definition) is 1. The van der Waals surface area contributed by atoms with E-state index < -0.39 is 10.0 Å². The SMILES string of the molecule is CC.CS(=O)(=O)n1c(CO)cc2ccccc21. The summed E-state index contributed by atoms with van der Waals surface area (Å²) in [5.74, 6) is 0. The third-order valence-corrected chi connectivity index (χ3v) is 3.33. The molecule has 0 aliphatic carbocycles. The summed E-state index contributed by atoms with van der Waals surface area (Å²) in [4.78, 5) is 0. The van der Waals surface area contributed by atoms with Gasteiger partial charge < -0.3 is 5.11 Å². The van der Waals surface area contributed by atoms with Crippen molar-refractivity contribution in [2.75, 3.05) is 6.26 Å². The molecule has 0 aliphatic rings. The van der Waals surface area contributed by atoms with Crippen LogP contribution in [0.15, 0.2) is 30.3 Å². The summed E-state index contributed by atoms with van der Waals surface area (Å²) in [7, 11) is -3.37. The Morgan fingerprint density at radius 1 is 1.24 bits per heavy atom. The standard InChI is InChI=1S/C10H11NO3S.C2H6/c1-15(13,14)11-9(7-12)6-8-4-2-3-5-10(8)11;1-2/h2-6,12H,7H2,1H3;1-2H3. The van der Waals surface area contributed by atoms with Gasteiger partial charge in [0.2, 0.25) is 10.0 Å². The molecule has 5 heteroatoms. The van der Waals surface area contributed by atoms with Gasteiger partial charge in [0.15, 0.2) is 0 Å². The molecule has 1 heterocycles. The number of aromatic nitrogens is 1. The molecule has 0 bridgehead atoms. The molecule has 0 atom stereocenters. The molecule has 1 N–H and O–H groups in total. The predicted octanol–water partition coefficient (Wildman–Crippen LogP) is 1.97. The molecule has 0 spiro atoms. The fraction of sp³-hybridized carbons (Fsp3) is 0.333. The zero-order chi connectivity index (χ0) is 13.1. The van der Waals surface area contributed by atoms with E-state index in [9.17, 15) is 8.42 Å². The van der Waals surface area contributed by atoms with Gasteiger partial charge in [-0.2, -0.15) is 0 Å². The molecule has 0 fully saturated rings. The van der Waals surface area contributed by atoms with E-state index >= 15 is 0 Å². The van der Waals surface area contributed by atoms with Gasteiger partial charge in [-0.15, -0.1) is 0 Å². The quantitative estimate of drug-likeness (QED) is 0.892. The first-order chi connectivity index (χ1) is 8.04. The van der Waals surface area contributed by atoms with Crippen molar-refractivity contribution in [3.8, 4) is 0 Å². The second kappa shape index (κ2) is 5.33. The van der Waals surface area contributed by atoms with Crippen LogP contribution in [0.1, 0.15) is 19.5 Å². The van der Waals surface area contributed by atoms with Crippen LogP contribution in [0.4, 0.5) is 0 Å². The maximum Gasteiger partial charge on any atom is 0.236 e. The highest BCUT2D eigenvalue weighted by atomic mass is 32.2. The van der Waals surface area contributed by atoms with Gasteiger partial charge in [-0.05, 0) is 12.1 Å². The Bertz CT molecular complexity index is 599. The lowest BCUT2D eigenvalue weighted by molar-refractivity contribution is 0.276. The number of benzene rings is 1. The van der Waals surface area contributed by atoms with Gasteiger partial charge in [0.25, 0.3) is 0 Å². The summed E-state index contributed by atoms with van der Waals surface area (Å²) in [6.45, 7) is 3.71. The van der Waals surface area contributed by atoms with Gasteiger partial charge in [-0.25, -0.2) is 12.4 Å². The van der Waals surface area contributed by atoms with Crippen molar-refractivity contribution in [3.63, 3.8) is 0 Å². The van der Waals surface area contributed by atoms with E-state index in [-0.39, 0.29) is 6.61 Å². The van der Waals surface area contributed by atoms with Crippen LogP contribution in [0, 0.1) is 0 Å². The summed E-state index contributed by atoms with van der Waals surface area (Å²) in [6.07, 6.45) is 1.12. The first-order valence-electron chi connectivity index (χ1n) is 5.45. The topological polar surface area (TPSA) is 59.3 Å². The van der Waals surface area contributed by atoms with Crippen LogP contribution in [0.5, 0.6) is 0 Å².